The molecular weight excluding hydrogens is 711 g/mol. The number of carbonyl (C=O) groups is 7. The maximum absolute atomic E-state index is 14.7. The fourth-order valence-electron chi connectivity index (χ4n) is 6.99. The van der Waals surface area contributed by atoms with E-state index in [0.717, 1.165) is 24.3 Å². The van der Waals surface area contributed by atoms with Crippen molar-refractivity contribution in [2.75, 3.05) is 13.1 Å². The molecule has 14 nitrogen and oxygen atoms in total. The zero-order valence-corrected chi connectivity index (χ0v) is 29.5. The molecule has 16 heteroatoms. The second-order valence-corrected chi connectivity index (χ2v) is 14.1. The first-order chi connectivity index (χ1) is 25.4. The number of rotatable bonds is 8. The molecule has 4 atom stereocenters. The minimum Gasteiger partial charge on any atom is -0.480 e. The van der Waals surface area contributed by atoms with Crippen LogP contribution in [-0.2, 0) is 30.5 Å². The number of fused-ring (bicyclic) bond motifs is 2. The third kappa shape index (κ3) is 8.67. The van der Waals surface area contributed by atoms with E-state index in [9.17, 15) is 43.1 Å². The van der Waals surface area contributed by atoms with E-state index in [1.165, 1.54) is 17.0 Å². The normalized spacial score (nSPS) is 22.9. The van der Waals surface area contributed by atoms with Gasteiger partial charge in [0.2, 0.25) is 23.6 Å². The third-order valence-electron chi connectivity index (χ3n) is 9.88. The molecule has 6 rings (SSSR count). The molecule has 3 aliphatic rings. The van der Waals surface area contributed by atoms with Gasteiger partial charge in [0.05, 0.1) is 10.6 Å². The van der Waals surface area contributed by atoms with Crippen LogP contribution in [0.2, 0.25) is 5.02 Å². The number of carbonyl (C=O) groups excluding carboxylic acids is 6. The van der Waals surface area contributed by atoms with E-state index in [-0.39, 0.29) is 62.0 Å². The Kier molecular flexibility index (Phi) is 11.4. The smallest absolute Gasteiger partial charge is 0.326 e. The van der Waals surface area contributed by atoms with Crippen molar-refractivity contribution in [1.29, 1.82) is 0 Å². The van der Waals surface area contributed by atoms with Crippen LogP contribution in [0.15, 0.2) is 48.7 Å². The highest BCUT2D eigenvalue weighted by Crippen LogP contribution is 2.35. The summed E-state index contributed by atoms with van der Waals surface area (Å²) in [5.41, 5.74) is 0.775. The molecular formula is C37H40ClFN6O8. The Labute approximate surface area is 308 Å². The van der Waals surface area contributed by atoms with Gasteiger partial charge in [-0.05, 0) is 63.1 Å². The second kappa shape index (κ2) is 16.1. The number of para-hydroxylation sites is 1. The number of amides is 5. The summed E-state index contributed by atoms with van der Waals surface area (Å²) in [5, 5.41) is 21.0. The summed E-state index contributed by atoms with van der Waals surface area (Å²) in [7, 11) is 0. The zero-order valence-electron chi connectivity index (χ0n) is 28.7. The lowest BCUT2D eigenvalue weighted by molar-refractivity contribution is -0.144. The van der Waals surface area contributed by atoms with Crippen LogP contribution >= 0.6 is 11.6 Å². The number of Topliss-reactive ketones (excluding diaryl/α,β-unsaturated/α-hetero) is 1. The lowest BCUT2D eigenvalue weighted by atomic mass is 10.1. The molecule has 3 aromatic rings. The Bertz CT molecular complexity index is 1940. The number of aliphatic carboxylic acids is 1. The Morgan fingerprint density at radius 3 is 2.47 bits per heavy atom. The molecule has 0 bridgehead atoms. The van der Waals surface area contributed by atoms with Crippen LogP contribution in [-0.4, -0.2) is 93.1 Å². The maximum atomic E-state index is 14.7. The molecule has 2 saturated heterocycles. The van der Waals surface area contributed by atoms with Crippen LogP contribution in [0.5, 0.6) is 0 Å². The van der Waals surface area contributed by atoms with Crippen molar-refractivity contribution in [3.8, 4) is 0 Å². The van der Waals surface area contributed by atoms with E-state index < -0.39 is 71.1 Å². The van der Waals surface area contributed by atoms with Gasteiger partial charge in [-0.25, -0.2) is 9.18 Å². The van der Waals surface area contributed by atoms with Crippen LogP contribution in [0.1, 0.15) is 72.1 Å². The number of benzene rings is 2. The molecule has 53 heavy (non-hydrogen) atoms. The number of nitrogens with one attached hydrogen (secondary N) is 4. The van der Waals surface area contributed by atoms with E-state index in [0.29, 0.717) is 23.9 Å². The fourth-order valence-corrected chi connectivity index (χ4v) is 7.24. The van der Waals surface area contributed by atoms with Gasteiger partial charge in [0.15, 0.2) is 5.78 Å². The first kappa shape index (κ1) is 37.4. The van der Waals surface area contributed by atoms with E-state index in [1.807, 2.05) is 18.2 Å². The Balaban J connectivity index is 1.25. The van der Waals surface area contributed by atoms with Crippen molar-refractivity contribution in [1.82, 2.24) is 30.7 Å². The quantitative estimate of drug-likeness (QED) is 0.217. The fraction of sp³-hybridized carbons (Fsp3) is 0.432. The standard InChI is InChI=1S/C37H40ClFN6O8/c38-24-7-5-8-25(39)32(24)35(50)42-26-9-3-4-15-40-30(46)14-13-27(37(52)53)43-34(49)29-16-21(17-45(29)36(26)51)41-31(47)19-44-18-23(33(48)20-11-12-20)22-6-1-2-10-28(22)44/h1-2,5-8,10,18,20-21,26-27,29H,3-4,9,11-17,19H2,(H,40,46)(H,41,47)(H,42,50)(H,43,49)(H,52,53)/t21-,26+,27+,29+/m1/s1. The summed E-state index contributed by atoms with van der Waals surface area (Å²) in [6.07, 6.45) is 3.64. The number of ketones is 1. The highest BCUT2D eigenvalue weighted by Gasteiger charge is 2.43. The lowest BCUT2D eigenvalue weighted by Crippen LogP contribution is -2.55. The van der Waals surface area contributed by atoms with Gasteiger partial charge in [0.25, 0.3) is 5.91 Å². The second-order valence-electron chi connectivity index (χ2n) is 13.7. The van der Waals surface area contributed by atoms with E-state index in [1.54, 1.807) is 16.8 Å². The molecule has 280 valence electrons. The van der Waals surface area contributed by atoms with Gasteiger partial charge in [0, 0.05) is 54.1 Å². The molecule has 2 aliphatic heterocycles. The molecule has 5 N–H and O–H groups in total. The van der Waals surface area contributed by atoms with Crippen LogP contribution in [0.4, 0.5) is 4.39 Å². The predicted molar refractivity (Wildman–Crippen MR) is 189 cm³/mol. The summed E-state index contributed by atoms with van der Waals surface area (Å²) >= 11 is 6.13. The first-order valence-corrected chi connectivity index (χ1v) is 18.1. The molecule has 2 aromatic carbocycles. The van der Waals surface area contributed by atoms with Crippen molar-refractivity contribution >= 4 is 63.8 Å². The molecule has 0 spiro atoms. The summed E-state index contributed by atoms with van der Waals surface area (Å²) in [6, 6.07) is 6.24. The SMILES string of the molecule is O=C1CC[C@@H](C(=O)O)NC(=O)[C@@H]2C[C@@H](NC(=O)Cn3cc(C(=O)C4CC4)c4ccccc43)CN2C(=O)[C@@H](NC(=O)c2c(F)cccc2Cl)CCCCN1. The Morgan fingerprint density at radius 2 is 1.74 bits per heavy atom. The van der Waals surface area contributed by atoms with Crippen molar-refractivity contribution in [2.45, 2.75) is 82.1 Å². The van der Waals surface area contributed by atoms with Crippen molar-refractivity contribution < 1.29 is 43.1 Å². The van der Waals surface area contributed by atoms with Gasteiger partial charge >= 0.3 is 5.97 Å². The van der Waals surface area contributed by atoms with Crippen molar-refractivity contribution in [3.63, 3.8) is 0 Å². The number of aromatic nitrogens is 1. The molecule has 0 unspecified atom stereocenters. The molecule has 1 aromatic heterocycles. The van der Waals surface area contributed by atoms with Crippen LogP contribution in [0, 0.1) is 11.7 Å². The van der Waals surface area contributed by atoms with Gasteiger partial charge in [-0.3, -0.25) is 28.8 Å². The summed E-state index contributed by atoms with van der Waals surface area (Å²) in [5.74, 6) is -5.61. The average Bonchev–Trinajstić information content (AvgIpc) is 3.80. The number of carboxylic acid groups (broad SMARTS) is 1. The van der Waals surface area contributed by atoms with E-state index in [2.05, 4.69) is 21.3 Å². The van der Waals surface area contributed by atoms with Crippen LogP contribution < -0.4 is 21.3 Å². The van der Waals surface area contributed by atoms with Gasteiger partial charge in [-0.2, -0.15) is 0 Å². The number of hydrogen-bond donors (Lipinski definition) is 5. The third-order valence-corrected chi connectivity index (χ3v) is 10.2. The minimum atomic E-state index is -1.45. The summed E-state index contributed by atoms with van der Waals surface area (Å²) < 4.78 is 16.4. The summed E-state index contributed by atoms with van der Waals surface area (Å²) in [6.45, 7) is -0.111. The van der Waals surface area contributed by atoms with Gasteiger partial charge < -0.3 is 35.8 Å². The predicted octanol–water partition coefficient (Wildman–Crippen LogP) is 2.56. The number of hydrogen-bond acceptors (Lipinski definition) is 7. The van der Waals surface area contributed by atoms with E-state index in [4.69, 9.17) is 11.6 Å². The molecule has 0 radical (unpaired) electrons. The Hall–Kier alpha value is -5.31. The number of halogens is 2. The monoisotopic (exact) mass is 750 g/mol. The highest BCUT2D eigenvalue weighted by atomic mass is 35.5. The van der Waals surface area contributed by atoms with E-state index >= 15 is 0 Å². The molecule has 1 saturated carbocycles. The molecule has 3 fully saturated rings. The van der Waals surface area contributed by atoms with Crippen molar-refractivity contribution in [3.05, 3.63) is 70.6 Å². The van der Waals surface area contributed by atoms with Gasteiger partial charge in [-0.1, -0.05) is 35.9 Å². The molecule has 3 heterocycles. The largest absolute Gasteiger partial charge is 0.480 e. The van der Waals surface area contributed by atoms with Crippen LogP contribution in [0.3, 0.4) is 0 Å². The van der Waals surface area contributed by atoms with Gasteiger partial charge in [-0.15, -0.1) is 0 Å². The number of carboxylic acids is 1. The van der Waals surface area contributed by atoms with Crippen molar-refractivity contribution in [2.24, 2.45) is 5.92 Å². The molecule has 5 amide bonds. The zero-order chi connectivity index (χ0) is 37.8. The highest BCUT2D eigenvalue weighted by molar-refractivity contribution is 6.34. The lowest BCUT2D eigenvalue weighted by Gasteiger charge is -2.29. The first-order valence-electron chi connectivity index (χ1n) is 17.7. The maximum Gasteiger partial charge on any atom is 0.326 e. The van der Waals surface area contributed by atoms with Gasteiger partial charge in [0.1, 0.15) is 30.5 Å². The number of nitrogens with zero attached hydrogens (tertiary/aromatic N) is 2. The average molecular weight is 751 g/mol. The van der Waals surface area contributed by atoms with Crippen LogP contribution in [0.25, 0.3) is 10.9 Å². The molecule has 1 aliphatic carbocycles. The Morgan fingerprint density at radius 1 is 0.962 bits per heavy atom. The topological polar surface area (TPSA) is 196 Å². The minimum absolute atomic E-state index is 0.0220. The summed E-state index contributed by atoms with van der Waals surface area (Å²) in [4.78, 5) is 93.5.